The molecule has 1 fully saturated rings. The van der Waals surface area contributed by atoms with Gasteiger partial charge in [0, 0.05) is 25.1 Å². The Hall–Kier alpha value is -2.70. The highest BCUT2D eigenvalue weighted by atomic mass is 16.5. The Bertz CT molecular complexity index is 759. The lowest BCUT2D eigenvalue weighted by Crippen LogP contribution is -2.34. The van der Waals surface area contributed by atoms with Gasteiger partial charge in [0.15, 0.2) is 0 Å². The summed E-state index contributed by atoms with van der Waals surface area (Å²) in [5, 5.41) is 7.11. The van der Waals surface area contributed by atoms with Crippen LogP contribution in [0.1, 0.15) is 43.7 Å². The molecule has 0 unspecified atom stereocenters. The monoisotopic (exact) mass is 359 g/mol. The van der Waals surface area contributed by atoms with Crippen LogP contribution in [0.3, 0.4) is 0 Å². The third kappa shape index (κ3) is 3.76. The van der Waals surface area contributed by atoms with E-state index in [1.807, 2.05) is 6.07 Å². The number of likely N-dealkylation sites (tertiary alicyclic amines) is 1. The quantitative estimate of drug-likeness (QED) is 0.843. The molecule has 7 nitrogen and oxygen atoms in total. The lowest BCUT2D eigenvalue weighted by Gasteiger charge is -2.24. The number of methoxy groups -OCH3 is 2. The Morgan fingerprint density at radius 1 is 1.35 bits per heavy atom. The van der Waals surface area contributed by atoms with E-state index in [1.54, 1.807) is 37.3 Å². The number of amides is 2. The van der Waals surface area contributed by atoms with Crippen molar-refractivity contribution in [3.8, 4) is 11.5 Å². The first-order valence-corrected chi connectivity index (χ1v) is 8.91. The summed E-state index contributed by atoms with van der Waals surface area (Å²) in [6.45, 7) is 2.78. The maximum atomic E-state index is 12.9. The normalized spacial score (nSPS) is 16.6. The van der Waals surface area contributed by atoms with E-state index >= 15 is 0 Å². The molecule has 0 radical (unpaired) electrons. The van der Waals surface area contributed by atoms with Crippen LogP contribution in [0.15, 0.2) is 28.8 Å². The Kier molecular flexibility index (Phi) is 5.65. The van der Waals surface area contributed by atoms with Gasteiger partial charge in [0.1, 0.15) is 23.0 Å². The number of aromatic nitrogens is 1. The van der Waals surface area contributed by atoms with Crippen LogP contribution in [0.5, 0.6) is 11.5 Å². The lowest BCUT2D eigenvalue weighted by molar-refractivity contribution is 0.204. The summed E-state index contributed by atoms with van der Waals surface area (Å²) in [4.78, 5) is 14.7. The second kappa shape index (κ2) is 8.12. The van der Waals surface area contributed by atoms with Crippen LogP contribution in [0, 0.1) is 0 Å². The van der Waals surface area contributed by atoms with Crippen LogP contribution in [0.4, 0.5) is 10.5 Å². The van der Waals surface area contributed by atoms with Crippen LogP contribution >= 0.6 is 0 Å². The number of anilines is 1. The van der Waals surface area contributed by atoms with Gasteiger partial charge in [0.25, 0.3) is 0 Å². The molecule has 1 atom stereocenters. The van der Waals surface area contributed by atoms with Gasteiger partial charge < -0.3 is 24.2 Å². The van der Waals surface area contributed by atoms with Gasteiger partial charge in [-0.2, -0.15) is 0 Å². The van der Waals surface area contributed by atoms with E-state index in [2.05, 4.69) is 17.4 Å². The van der Waals surface area contributed by atoms with Crippen LogP contribution in [-0.2, 0) is 6.42 Å². The largest absolute Gasteiger partial charge is 0.497 e. The summed E-state index contributed by atoms with van der Waals surface area (Å²) in [6, 6.07) is 7.02. The van der Waals surface area contributed by atoms with E-state index < -0.39 is 0 Å². The first kappa shape index (κ1) is 18.1. The minimum Gasteiger partial charge on any atom is -0.497 e. The van der Waals surface area contributed by atoms with E-state index in [-0.39, 0.29) is 12.1 Å². The van der Waals surface area contributed by atoms with Crippen LogP contribution in [-0.4, -0.2) is 36.9 Å². The molecule has 0 bridgehead atoms. The number of benzene rings is 1. The minimum atomic E-state index is -0.181. The summed E-state index contributed by atoms with van der Waals surface area (Å²) in [5.41, 5.74) is 1.40. The smallest absolute Gasteiger partial charge is 0.322 e. The van der Waals surface area contributed by atoms with E-state index in [0.29, 0.717) is 23.7 Å². The van der Waals surface area contributed by atoms with Crippen molar-refractivity contribution in [3.63, 3.8) is 0 Å². The Labute approximate surface area is 153 Å². The molecule has 2 aromatic rings. The number of urea groups is 1. The van der Waals surface area contributed by atoms with Crippen molar-refractivity contribution in [3.05, 3.63) is 35.7 Å². The highest BCUT2D eigenvalue weighted by Crippen LogP contribution is 2.34. The molecule has 1 aliphatic rings. The fraction of sp³-hybridized carbons (Fsp3) is 0.474. The van der Waals surface area contributed by atoms with Gasteiger partial charge in [0.05, 0.1) is 25.9 Å². The van der Waals surface area contributed by atoms with Crippen molar-refractivity contribution in [2.24, 2.45) is 0 Å². The highest BCUT2D eigenvalue weighted by molar-refractivity contribution is 5.91. The molecule has 1 saturated heterocycles. The van der Waals surface area contributed by atoms with Crippen molar-refractivity contribution < 1.29 is 18.8 Å². The molecule has 1 aromatic carbocycles. The third-order valence-corrected chi connectivity index (χ3v) is 4.58. The summed E-state index contributed by atoms with van der Waals surface area (Å²) < 4.78 is 16.0. The Morgan fingerprint density at radius 3 is 2.92 bits per heavy atom. The second-order valence-electron chi connectivity index (χ2n) is 6.32. The molecule has 3 rings (SSSR count). The van der Waals surface area contributed by atoms with Gasteiger partial charge in [-0.15, -0.1) is 0 Å². The molecule has 7 heteroatoms. The van der Waals surface area contributed by atoms with Crippen molar-refractivity contribution in [2.75, 3.05) is 26.1 Å². The molecule has 1 N–H and O–H groups in total. The molecule has 140 valence electrons. The molecule has 0 aliphatic carbocycles. The zero-order chi connectivity index (χ0) is 18.5. The van der Waals surface area contributed by atoms with Gasteiger partial charge in [-0.25, -0.2) is 4.79 Å². The SMILES string of the molecule is CCCc1cc([C@@H]2CCCN2C(=O)Nc2cc(OC)ccc2OC)no1. The lowest BCUT2D eigenvalue weighted by atomic mass is 10.1. The predicted octanol–water partition coefficient (Wildman–Crippen LogP) is 4.01. The number of carbonyl (C=O) groups excluding carboxylic acids is 1. The fourth-order valence-electron chi connectivity index (χ4n) is 3.27. The average molecular weight is 359 g/mol. The first-order valence-electron chi connectivity index (χ1n) is 8.91. The number of nitrogens with one attached hydrogen (secondary N) is 1. The summed E-state index contributed by atoms with van der Waals surface area (Å²) >= 11 is 0. The van der Waals surface area contributed by atoms with Crippen LogP contribution < -0.4 is 14.8 Å². The fourth-order valence-corrected chi connectivity index (χ4v) is 3.27. The number of hydrogen-bond donors (Lipinski definition) is 1. The van der Waals surface area contributed by atoms with Crippen molar-refractivity contribution in [1.82, 2.24) is 10.1 Å². The number of aryl methyl sites for hydroxylation is 1. The summed E-state index contributed by atoms with van der Waals surface area (Å²) in [7, 11) is 3.16. The van der Waals surface area contributed by atoms with E-state index in [9.17, 15) is 4.79 Å². The standard InChI is InChI=1S/C19H25N3O4/c1-4-6-14-12-15(21-26-14)17-7-5-10-22(17)19(23)20-16-11-13(24-2)8-9-18(16)25-3/h8-9,11-12,17H,4-7,10H2,1-3H3,(H,20,23)/t17-/m0/s1. The minimum absolute atomic E-state index is 0.0686. The Balaban J connectivity index is 1.76. The molecule has 0 saturated carbocycles. The number of carbonyl (C=O) groups is 1. The van der Waals surface area contributed by atoms with Crippen molar-refractivity contribution >= 4 is 11.7 Å². The molecule has 2 amide bonds. The number of hydrogen-bond acceptors (Lipinski definition) is 5. The average Bonchev–Trinajstić information content (AvgIpc) is 3.31. The molecule has 1 aromatic heterocycles. The van der Waals surface area contributed by atoms with Gasteiger partial charge >= 0.3 is 6.03 Å². The van der Waals surface area contributed by atoms with E-state index in [4.69, 9.17) is 14.0 Å². The number of nitrogens with zero attached hydrogens (tertiary/aromatic N) is 2. The molecule has 1 aliphatic heterocycles. The first-order chi connectivity index (χ1) is 12.7. The number of ether oxygens (including phenoxy) is 2. The topological polar surface area (TPSA) is 76.8 Å². The molecule has 2 heterocycles. The molecule has 26 heavy (non-hydrogen) atoms. The summed E-state index contributed by atoms with van der Waals surface area (Å²) in [5.74, 6) is 2.10. The van der Waals surface area contributed by atoms with Crippen LogP contribution in [0.2, 0.25) is 0 Å². The Morgan fingerprint density at radius 2 is 2.19 bits per heavy atom. The van der Waals surface area contributed by atoms with E-state index in [1.165, 1.54) is 0 Å². The van der Waals surface area contributed by atoms with Gasteiger partial charge in [-0.1, -0.05) is 12.1 Å². The second-order valence-corrected chi connectivity index (χ2v) is 6.32. The van der Waals surface area contributed by atoms with Crippen LogP contribution in [0.25, 0.3) is 0 Å². The van der Waals surface area contributed by atoms with Crippen molar-refractivity contribution in [1.29, 1.82) is 0 Å². The maximum Gasteiger partial charge on any atom is 0.322 e. The zero-order valence-electron chi connectivity index (χ0n) is 15.4. The van der Waals surface area contributed by atoms with Gasteiger partial charge in [-0.05, 0) is 31.4 Å². The van der Waals surface area contributed by atoms with Gasteiger partial charge in [0.2, 0.25) is 0 Å². The maximum absolute atomic E-state index is 12.9. The third-order valence-electron chi connectivity index (χ3n) is 4.58. The van der Waals surface area contributed by atoms with Crippen molar-refractivity contribution in [2.45, 2.75) is 38.6 Å². The van der Waals surface area contributed by atoms with E-state index in [0.717, 1.165) is 37.1 Å². The predicted molar refractivity (Wildman–Crippen MR) is 97.7 cm³/mol. The highest BCUT2D eigenvalue weighted by Gasteiger charge is 2.32. The summed E-state index contributed by atoms with van der Waals surface area (Å²) in [6.07, 6.45) is 3.66. The van der Waals surface area contributed by atoms with Gasteiger partial charge in [-0.3, -0.25) is 0 Å². The molecule has 0 spiro atoms. The zero-order valence-corrected chi connectivity index (χ0v) is 15.4. The number of rotatable bonds is 6. The molecular formula is C19H25N3O4. The molecular weight excluding hydrogens is 334 g/mol.